The second kappa shape index (κ2) is 10.8. The van der Waals surface area contributed by atoms with Crippen LogP contribution in [0.1, 0.15) is 30.8 Å². The molecule has 0 aliphatic heterocycles. The van der Waals surface area contributed by atoms with Gasteiger partial charge in [-0.2, -0.15) is 4.68 Å². The minimum atomic E-state index is -0.619. The minimum absolute atomic E-state index is 0.0318. The van der Waals surface area contributed by atoms with Crippen molar-refractivity contribution in [1.29, 1.82) is 0 Å². The Kier molecular flexibility index (Phi) is 7.32. The molecule has 0 atom stereocenters. The molecule has 39 heavy (non-hydrogen) atoms. The number of fused-ring (bicyclic) bond motifs is 1. The number of aromatic nitrogens is 4. The van der Waals surface area contributed by atoms with E-state index >= 15 is 0 Å². The Morgan fingerprint density at radius 3 is 2.49 bits per heavy atom. The molecule has 0 spiro atoms. The number of allylic oxidation sites excluding steroid dienone is 1. The molecular weight excluding hydrogens is 519 g/mol. The van der Waals surface area contributed by atoms with Crippen molar-refractivity contribution in [1.82, 2.24) is 18.9 Å². The van der Waals surface area contributed by atoms with Gasteiger partial charge in [0, 0.05) is 23.7 Å². The first-order chi connectivity index (χ1) is 18.8. The first kappa shape index (κ1) is 26.3. The van der Waals surface area contributed by atoms with E-state index in [1.807, 2.05) is 37.3 Å². The average Bonchev–Trinajstić information content (AvgIpc) is 3.24. The van der Waals surface area contributed by atoms with Crippen LogP contribution in [0.15, 0.2) is 89.1 Å². The molecule has 3 aromatic carbocycles. The number of nitrogens with zero attached hydrogens (tertiary/aromatic N) is 4. The summed E-state index contributed by atoms with van der Waals surface area (Å²) in [4.78, 5) is 26.7. The van der Waals surface area contributed by atoms with Gasteiger partial charge in [0.25, 0.3) is 5.56 Å². The molecule has 0 bridgehead atoms. The highest BCUT2D eigenvalue weighted by Crippen LogP contribution is 2.28. The van der Waals surface area contributed by atoms with Crippen molar-refractivity contribution in [3.8, 4) is 11.4 Å². The standard InChI is InChI=1S/C30H26ClFN4O3/c1-4-34-27(18-39-17-20-9-6-5-7-10-20)33-36(30(34)38)21-13-14-22-23(15-21)24(19(2)3)16-35(29(22)37)28-25(31)11-8-12-26(28)32/h5-16H,2,4,17-18H2,1,3H3. The van der Waals surface area contributed by atoms with Gasteiger partial charge in [-0.15, -0.1) is 5.10 Å². The fourth-order valence-corrected chi connectivity index (χ4v) is 4.80. The van der Waals surface area contributed by atoms with Gasteiger partial charge < -0.3 is 4.74 Å². The quantitative estimate of drug-likeness (QED) is 0.244. The molecule has 0 unspecified atom stereocenters. The molecule has 2 aromatic heterocycles. The lowest BCUT2D eigenvalue weighted by atomic mass is 10.0. The van der Waals surface area contributed by atoms with Gasteiger partial charge in [0.15, 0.2) is 5.82 Å². The second-order valence-corrected chi connectivity index (χ2v) is 9.54. The molecule has 198 valence electrons. The zero-order valence-corrected chi connectivity index (χ0v) is 22.3. The molecule has 0 amide bonds. The molecule has 9 heteroatoms. The Bertz CT molecular complexity index is 1800. The van der Waals surface area contributed by atoms with Crippen LogP contribution in [-0.4, -0.2) is 18.9 Å². The maximum atomic E-state index is 14.7. The second-order valence-electron chi connectivity index (χ2n) is 9.13. The summed E-state index contributed by atoms with van der Waals surface area (Å²) in [6.45, 7) is 8.67. The van der Waals surface area contributed by atoms with E-state index in [-0.39, 0.29) is 23.0 Å². The fourth-order valence-electron chi connectivity index (χ4n) is 4.55. The molecule has 5 rings (SSSR count). The van der Waals surface area contributed by atoms with Crippen molar-refractivity contribution < 1.29 is 9.13 Å². The van der Waals surface area contributed by atoms with Crippen LogP contribution in [0.4, 0.5) is 4.39 Å². The van der Waals surface area contributed by atoms with Gasteiger partial charge in [0.1, 0.15) is 18.1 Å². The van der Waals surface area contributed by atoms with Crippen molar-refractivity contribution in [2.75, 3.05) is 0 Å². The predicted molar refractivity (Wildman–Crippen MR) is 151 cm³/mol. The molecule has 0 aliphatic carbocycles. The van der Waals surface area contributed by atoms with Crippen molar-refractivity contribution in [2.24, 2.45) is 0 Å². The number of pyridine rings is 1. The lowest BCUT2D eigenvalue weighted by Crippen LogP contribution is -2.24. The number of hydrogen-bond acceptors (Lipinski definition) is 4. The van der Waals surface area contributed by atoms with Crippen molar-refractivity contribution in [3.63, 3.8) is 0 Å². The molecule has 7 nitrogen and oxygen atoms in total. The van der Waals surface area contributed by atoms with E-state index in [0.29, 0.717) is 46.6 Å². The summed E-state index contributed by atoms with van der Waals surface area (Å²) in [7, 11) is 0. The van der Waals surface area contributed by atoms with Crippen molar-refractivity contribution in [3.05, 3.63) is 128 Å². The number of para-hydroxylation sites is 1. The van der Waals surface area contributed by atoms with E-state index < -0.39 is 11.4 Å². The number of halogens is 2. The van der Waals surface area contributed by atoms with E-state index in [0.717, 1.165) is 5.56 Å². The summed E-state index contributed by atoms with van der Waals surface area (Å²) in [5.41, 5.74) is 1.96. The zero-order valence-electron chi connectivity index (χ0n) is 21.5. The Hall–Kier alpha value is -4.27. The summed E-state index contributed by atoms with van der Waals surface area (Å²) in [5, 5.41) is 5.54. The maximum Gasteiger partial charge on any atom is 0.350 e. The highest BCUT2D eigenvalue weighted by Gasteiger charge is 2.19. The summed E-state index contributed by atoms with van der Waals surface area (Å²) in [6, 6.07) is 19.0. The van der Waals surface area contributed by atoms with Crippen LogP contribution < -0.4 is 11.2 Å². The van der Waals surface area contributed by atoms with Gasteiger partial charge in [-0.3, -0.25) is 13.9 Å². The average molecular weight is 545 g/mol. The number of hydrogen-bond donors (Lipinski definition) is 0. The molecule has 5 aromatic rings. The maximum absolute atomic E-state index is 14.7. The summed E-state index contributed by atoms with van der Waals surface area (Å²) in [6.07, 6.45) is 1.53. The minimum Gasteiger partial charge on any atom is -0.369 e. The third-order valence-corrected chi connectivity index (χ3v) is 6.79. The van der Waals surface area contributed by atoms with Crippen LogP contribution in [0.2, 0.25) is 5.02 Å². The molecule has 0 aliphatic rings. The number of rotatable bonds is 8. The monoisotopic (exact) mass is 544 g/mol. The van der Waals surface area contributed by atoms with Crippen LogP contribution in [0.5, 0.6) is 0 Å². The van der Waals surface area contributed by atoms with E-state index in [1.54, 1.807) is 29.7 Å². The Morgan fingerprint density at radius 2 is 1.79 bits per heavy atom. The third-order valence-electron chi connectivity index (χ3n) is 6.48. The Morgan fingerprint density at radius 1 is 1.03 bits per heavy atom. The van der Waals surface area contributed by atoms with Crippen LogP contribution in [0.25, 0.3) is 27.7 Å². The summed E-state index contributed by atoms with van der Waals surface area (Å²) in [5.74, 6) is -0.129. The number of benzene rings is 3. The SMILES string of the molecule is C=C(C)c1cn(-c2c(F)cccc2Cl)c(=O)c2ccc(-n3nc(COCc4ccccc4)n(CC)c3=O)cc12. The van der Waals surface area contributed by atoms with E-state index in [9.17, 15) is 14.0 Å². The van der Waals surface area contributed by atoms with E-state index in [4.69, 9.17) is 16.3 Å². The first-order valence-corrected chi connectivity index (χ1v) is 12.8. The molecule has 0 fully saturated rings. The largest absolute Gasteiger partial charge is 0.369 e. The molecule has 0 N–H and O–H groups in total. The molecule has 0 radical (unpaired) electrons. The van der Waals surface area contributed by atoms with E-state index in [1.165, 1.54) is 33.6 Å². The van der Waals surface area contributed by atoms with Gasteiger partial charge in [-0.05, 0) is 60.7 Å². The highest BCUT2D eigenvalue weighted by molar-refractivity contribution is 6.32. The lowest BCUT2D eigenvalue weighted by Gasteiger charge is -2.15. The summed E-state index contributed by atoms with van der Waals surface area (Å²) >= 11 is 6.26. The molecule has 2 heterocycles. The van der Waals surface area contributed by atoms with Gasteiger partial charge in [-0.25, -0.2) is 9.18 Å². The van der Waals surface area contributed by atoms with E-state index in [2.05, 4.69) is 11.7 Å². The molecule has 0 saturated carbocycles. The smallest absolute Gasteiger partial charge is 0.350 e. The fraction of sp³-hybridized carbons (Fsp3) is 0.167. The topological polar surface area (TPSA) is 71.0 Å². The van der Waals surface area contributed by atoms with Crippen molar-refractivity contribution >= 4 is 27.9 Å². The van der Waals surface area contributed by atoms with Crippen molar-refractivity contribution in [2.45, 2.75) is 33.6 Å². The van der Waals surface area contributed by atoms with Crippen LogP contribution in [0.3, 0.4) is 0 Å². The molecular formula is C30H26ClFN4O3. The van der Waals surface area contributed by atoms with Gasteiger partial charge >= 0.3 is 5.69 Å². The highest BCUT2D eigenvalue weighted by atomic mass is 35.5. The normalized spacial score (nSPS) is 11.3. The van der Waals surface area contributed by atoms with Crippen LogP contribution in [0, 0.1) is 5.82 Å². The van der Waals surface area contributed by atoms with Gasteiger partial charge in [0.2, 0.25) is 0 Å². The first-order valence-electron chi connectivity index (χ1n) is 12.4. The number of ether oxygens (including phenoxy) is 1. The molecule has 0 saturated heterocycles. The Balaban J connectivity index is 1.58. The van der Waals surface area contributed by atoms with Gasteiger partial charge in [-0.1, -0.05) is 54.6 Å². The van der Waals surface area contributed by atoms with Crippen LogP contribution in [-0.2, 0) is 24.5 Å². The summed E-state index contributed by atoms with van der Waals surface area (Å²) < 4.78 is 24.6. The Labute approximate surface area is 229 Å². The van der Waals surface area contributed by atoms with Crippen LogP contribution >= 0.6 is 11.6 Å². The van der Waals surface area contributed by atoms with Gasteiger partial charge in [0.05, 0.1) is 17.3 Å². The zero-order chi connectivity index (χ0) is 27.7. The lowest BCUT2D eigenvalue weighted by molar-refractivity contribution is 0.0989. The predicted octanol–water partition coefficient (Wildman–Crippen LogP) is 5.90. The third kappa shape index (κ3) is 4.96.